The van der Waals surface area contributed by atoms with Crippen LogP contribution in [0, 0.1) is 11.7 Å². The summed E-state index contributed by atoms with van der Waals surface area (Å²) in [6.07, 6.45) is 2.01. The third-order valence-corrected chi connectivity index (χ3v) is 5.46. The van der Waals surface area contributed by atoms with Gasteiger partial charge in [-0.25, -0.2) is 9.07 Å². The average Bonchev–Trinajstić information content (AvgIpc) is 3.48. The summed E-state index contributed by atoms with van der Waals surface area (Å²) in [5.74, 6) is -1.71. The normalized spacial score (nSPS) is 15.2. The first-order valence-electron chi connectivity index (χ1n) is 11.1. The van der Waals surface area contributed by atoms with Crippen molar-refractivity contribution in [2.75, 3.05) is 6.54 Å². The fourth-order valence-electron chi connectivity index (χ4n) is 3.60. The molecule has 10 heteroatoms. The SMILES string of the molecule is CC(C)c1c(C(=O)NCC2CC2)nn(-c2ccc(F)cc2)c1C=C[C@H](O)C[C@@H](O)CC(=O)[O-].[Na+]. The maximum absolute atomic E-state index is 13.5. The predicted octanol–water partition coefficient (Wildman–Crippen LogP) is -1.46. The number of nitrogens with one attached hydrogen (secondary N) is 1. The second-order valence-electron chi connectivity index (χ2n) is 8.74. The minimum absolute atomic E-state index is 0. The Balaban J connectivity index is 0.00000408. The van der Waals surface area contributed by atoms with Crippen molar-refractivity contribution < 1.29 is 58.9 Å². The first kappa shape index (κ1) is 28.2. The molecular weight excluding hydrogens is 452 g/mol. The Kier molecular flexibility index (Phi) is 10.5. The van der Waals surface area contributed by atoms with E-state index in [0.29, 0.717) is 29.4 Å². The number of carboxylic acids is 1. The number of rotatable bonds is 11. The predicted molar refractivity (Wildman–Crippen MR) is 118 cm³/mol. The summed E-state index contributed by atoms with van der Waals surface area (Å²) < 4.78 is 15.0. The van der Waals surface area contributed by atoms with E-state index in [-0.39, 0.29) is 53.5 Å². The monoisotopic (exact) mass is 481 g/mol. The van der Waals surface area contributed by atoms with Crippen molar-refractivity contribution in [3.63, 3.8) is 0 Å². The number of carbonyl (C=O) groups is 2. The zero-order valence-corrected chi connectivity index (χ0v) is 21.7. The van der Waals surface area contributed by atoms with Crippen molar-refractivity contribution in [2.24, 2.45) is 5.92 Å². The maximum atomic E-state index is 13.5. The molecule has 1 aromatic carbocycles. The van der Waals surface area contributed by atoms with Crippen LogP contribution in [0.3, 0.4) is 0 Å². The third-order valence-electron chi connectivity index (χ3n) is 5.46. The van der Waals surface area contributed by atoms with E-state index in [4.69, 9.17) is 0 Å². The molecule has 0 unspecified atom stereocenters. The van der Waals surface area contributed by atoms with Crippen molar-refractivity contribution in [3.8, 4) is 5.69 Å². The van der Waals surface area contributed by atoms with E-state index in [0.717, 1.165) is 12.8 Å². The number of amides is 1. The third kappa shape index (κ3) is 7.74. The van der Waals surface area contributed by atoms with Crippen LogP contribution in [0.4, 0.5) is 4.39 Å². The van der Waals surface area contributed by atoms with E-state index in [1.54, 1.807) is 6.08 Å². The van der Waals surface area contributed by atoms with Gasteiger partial charge in [-0.15, -0.1) is 0 Å². The van der Waals surface area contributed by atoms with Crippen LogP contribution in [-0.2, 0) is 4.79 Å². The number of hydrogen-bond acceptors (Lipinski definition) is 6. The van der Waals surface area contributed by atoms with E-state index in [1.807, 2.05) is 13.8 Å². The minimum Gasteiger partial charge on any atom is -0.550 e. The molecule has 3 rings (SSSR count). The molecule has 178 valence electrons. The second-order valence-corrected chi connectivity index (χ2v) is 8.74. The smallest absolute Gasteiger partial charge is 0.550 e. The van der Waals surface area contributed by atoms with Crippen molar-refractivity contribution >= 4 is 18.0 Å². The maximum Gasteiger partial charge on any atom is 1.00 e. The number of aliphatic carboxylic acids is 1. The first-order chi connectivity index (χ1) is 15.7. The van der Waals surface area contributed by atoms with Crippen LogP contribution in [0.2, 0.25) is 0 Å². The van der Waals surface area contributed by atoms with Crippen LogP contribution in [0.25, 0.3) is 11.8 Å². The van der Waals surface area contributed by atoms with Crippen LogP contribution in [0.15, 0.2) is 30.3 Å². The van der Waals surface area contributed by atoms with Crippen LogP contribution < -0.4 is 40.0 Å². The zero-order valence-electron chi connectivity index (χ0n) is 19.7. The number of aliphatic hydroxyl groups is 2. The summed E-state index contributed by atoms with van der Waals surface area (Å²) in [6, 6.07) is 5.65. The van der Waals surface area contributed by atoms with Gasteiger partial charge in [0.1, 0.15) is 5.82 Å². The van der Waals surface area contributed by atoms with Crippen molar-refractivity contribution in [2.45, 2.75) is 57.7 Å². The number of benzene rings is 1. The molecule has 2 atom stereocenters. The Hall–Kier alpha value is -2.04. The Labute approximate surface area is 220 Å². The van der Waals surface area contributed by atoms with Gasteiger partial charge in [-0.05, 0) is 55.0 Å². The summed E-state index contributed by atoms with van der Waals surface area (Å²) in [6.45, 7) is 4.42. The van der Waals surface area contributed by atoms with Gasteiger partial charge in [-0.2, -0.15) is 5.10 Å². The first-order valence-corrected chi connectivity index (χ1v) is 11.1. The van der Waals surface area contributed by atoms with Gasteiger partial charge in [-0.1, -0.05) is 19.9 Å². The van der Waals surface area contributed by atoms with Crippen molar-refractivity contribution in [1.82, 2.24) is 15.1 Å². The summed E-state index contributed by atoms with van der Waals surface area (Å²) in [4.78, 5) is 23.6. The van der Waals surface area contributed by atoms with Crippen LogP contribution >= 0.6 is 0 Å². The average molecular weight is 482 g/mol. The van der Waals surface area contributed by atoms with Gasteiger partial charge < -0.3 is 25.4 Å². The van der Waals surface area contributed by atoms with Gasteiger partial charge in [0.05, 0.1) is 23.6 Å². The van der Waals surface area contributed by atoms with Crippen molar-refractivity contribution in [3.05, 3.63) is 53.1 Å². The number of aromatic nitrogens is 2. The van der Waals surface area contributed by atoms with E-state index >= 15 is 0 Å². The van der Waals surface area contributed by atoms with E-state index in [1.165, 1.54) is 35.0 Å². The number of aliphatic hydroxyl groups excluding tert-OH is 2. The van der Waals surface area contributed by atoms with Gasteiger partial charge in [0.2, 0.25) is 0 Å². The molecule has 0 radical (unpaired) electrons. The summed E-state index contributed by atoms with van der Waals surface area (Å²) in [7, 11) is 0. The van der Waals surface area contributed by atoms with Gasteiger partial charge in [0.25, 0.3) is 5.91 Å². The number of carbonyl (C=O) groups excluding carboxylic acids is 2. The zero-order chi connectivity index (χ0) is 24.1. The van der Waals surface area contributed by atoms with Crippen LogP contribution in [0.5, 0.6) is 0 Å². The molecule has 1 heterocycles. The molecule has 34 heavy (non-hydrogen) atoms. The van der Waals surface area contributed by atoms with Crippen LogP contribution in [-0.4, -0.2) is 50.6 Å². The number of carboxylic acid groups (broad SMARTS) is 1. The van der Waals surface area contributed by atoms with E-state index in [2.05, 4.69) is 10.4 Å². The summed E-state index contributed by atoms with van der Waals surface area (Å²) in [5.41, 5.74) is 1.97. The quantitative estimate of drug-likeness (QED) is 0.337. The molecule has 8 nitrogen and oxygen atoms in total. The molecule has 0 saturated heterocycles. The number of hydrogen-bond donors (Lipinski definition) is 3. The largest absolute Gasteiger partial charge is 1.00 e. The van der Waals surface area contributed by atoms with Crippen LogP contribution in [0.1, 0.15) is 67.2 Å². The van der Waals surface area contributed by atoms with E-state index < -0.39 is 30.4 Å². The molecule has 1 aliphatic carbocycles. The molecule has 1 saturated carbocycles. The van der Waals surface area contributed by atoms with Crippen molar-refractivity contribution in [1.29, 1.82) is 0 Å². The number of halogens is 1. The molecule has 1 aliphatic rings. The molecule has 1 aromatic heterocycles. The molecule has 2 aromatic rings. The topological polar surface area (TPSA) is 128 Å². The molecular formula is C24H29FN3NaO5. The summed E-state index contributed by atoms with van der Waals surface area (Å²) >= 11 is 0. The fourth-order valence-corrected chi connectivity index (χ4v) is 3.60. The molecule has 1 amide bonds. The summed E-state index contributed by atoms with van der Waals surface area (Å²) in [5, 5.41) is 38.1. The Bertz CT molecular complexity index is 1020. The molecule has 0 aliphatic heterocycles. The molecule has 0 spiro atoms. The van der Waals surface area contributed by atoms with Gasteiger partial charge in [0.15, 0.2) is 5.69 Å². The second kappa shape index (κ2) is 12.6. The number of nitrogens with zero attached hydrogens (tertiary/aromatic N) is 2. The standard InChI is InChI=1S/C24H30FN3O5.Na/c1-14(2)22-20(10-9-18(29)11-19(30)12-21(31)32)28(17-7-5-16(25)6-8-17)27-23(22)24(33)26-13-15-3-4-15;/h5-10,14-15,18-19,29-30H,3-4,11-13H2,1-2H3,(H,26,33)(H,31,32);/q;+1/p-1/t18-,19+;/m0./s1. The fraction of sp³-hybridized carbons (Fsp3) is 0.458. The van der Waals surface area contributed by atoms with Gasteiger partial charge in [-0.3, -0.25) is 4.79 Å². The Morgan fingerprint density at radius 2 is 1.91 bits per heavy atom. The molecule has 3 N–H and O–H groups in total. The Morgan fingerprint density at radius 3 is 2.47 bits per heavy atom. The molecule has 1 fully saturated rings. The minimum atomic E-state index is -1.41. The van der Waals surface area contributed by atoms with Gasteiger partial charge in [0, 0.05) is 30.9 Å². The van der Waals surface area contributed by atoms with E-state index in [9.17, 15) is 29.3 Å². The molecule has 0 bridgehead atoms. The van der Waals surface area contributed by atoms with Gasteiger partial charge >= 0.3 is 29.6 Å². The Morgan fingerprint density at radius 1 is 1.26 bits per heavy atom.